The maximum atomic E-state index is 12.3. The van der Waals surface area contributed by atoms with Gasteiger partial charge < -0.3 is 15.2 Å². The molecule has 1 unspecified atom stereocenters. The Morgan fingerprint density at radius 1 is 1.23 bits per heavy atom. The van der Waals surface area contributed by atoms with Crippen molar-refractivity contribution in [2.75, 3.05) is 20.0 Å². The third-order valence-electron chi connectivity index (χ3n) is 4.32. The van der Waals surface area contributed by atoms with Crippen molar-refractivity contribution in [2.24, 2.45) is 5.73 Å². The molecule has 0 aromatic heterocycles. The molecule has 1 amide bonds. The van der Waals surface area contributed by atoms with E-state index in [1.807, 2.05) is 0 Å². The highest BCUT2D eigenvalue weighted by atomic mass is 32.2. The van der Waals surface area contributed by atoms with Crippen LogP contribution in [0.2, 0.25) is 0 Å². The number of allylic oxidation sites excluding steroid dienone is 2. The van der Waals surface area contributed by atoms with Crippen LogP contribution in [0.15, 0.2) is 40.2 Å². The molecule has 0 spiro atoms. The van der Waals surface area contributed by atoms with E-state index in [4.69, 9.17) is 15.2 Å². The number of carbonyl (C=O) groups excluding carboxylic acids is 1. The first-order valence-corrected chi connectivity index (χ1v) is 8.78. The molecule has 8 heteroatoms. The predicted molar refractivity (Wildman–Crippen MR) is 95.7 cm³/mol. The molecule has 2 N–H and O–H groups in total. The van der Waals surface area contributed by atoms with E-state index in [9.17, 15) is 15.3 Å². The van der Waals surface area contributed by atoms with Gasteiger partial charge in [-0.3, -0.25) is 9.69 Å². The maximum absolute atomic E-state index is 12.3. The zero-order valence-corrected chi connectivity index (χ0v) is 15.1. The van der Waals surface area contributed by atoms with Crippen molar-refractivity contribution >= 4 is 17.7 Å². The van der Waals surface area contributed by atoms with Crippen LogP contribution in [-0.4, -0.2) is 30.8 Å². The van der Waals surface area contributed by atoms with Gasteiger partial charge in [0.1, 0.15) is 5.82 Å². The van der Waals surface area contributed by atoms with Crippen LogP contribution in [0, 0.1) is 22.7 Å². The normalized spacial score (nSPS) is 19.6. The molecule has 1 atom stereocenters. The molecule has 3 rings (SSSR count). The van der Waals surface area contributed by atoms with Crippen molar-refractivity contribution in [3.63, 3.8) is 0 Å². The van der Waals surface area contributed by atoms with Gasteiger partial charge in [-0.2, -0.15) is 10.5 Å². The molecular weight excluding hydrogens is 352 g/mol. The summed E-state index contributed by atoms with van der Waals surface area (Å²) in [7, 11) is 3.01. The molecule has 0 aliphatic carbocycles. The molecule has 0 saturated carbocycles. The van der Waals surface area contributed by atoms with Gasteiger partial charge in [0.2, 0.25) is 5.91 Å². The van der Waals surface area contributed by atoms with Crippen molar-refractivity contribution in [2.45, 2.75) is 12.3 Å². The maximum Gasteiger partial charge on any atom is 0.233 e. The minimum atomic E-state index is -0.723. The third-order valence-corrected chi connectivity index (χ3v) is 5.40. The Bertz CT molecular complexity index is 923. The molecule has 132 valence electrons. The molecule has 0 radical (unpaired) electrons. The Morgan fingerprint density at radius 3 is 2.58 bits per heavy atom. The molecule has 2 heterocycles. The van der Waals surface area contributed by atoms with E-state index in [1.165, 1.54) is 30.9 Å². The van der Waals surface area contributed by atoms with Gasteiger partial charge in [0, 0.05) is 17.7 Å². The van der Waals surface area contributed by atoms with Crippen LogP contribution in [0.3, 0.4) is 0 Å². The fraction of sp³-hybridized carbons (Fsp3) is 0.278. The first kappa shape index (κ1) is 17.7. The van der Waals surface area contributed by atoms with Crippen LogP contribution in [0.25, 0.3) is 0 Å². The lowest BCUT2D eigenvalue weighted by molar-refractivity contribution is -0.127. The van der Waals surface area contributed by atoms with Crippen LogP contribution in [-0.2, 0) is 4.79 Å². The van der Waals surface area contributed by atoms with E-state index in [-0.39, 0.29) is 17.3 Å². The van der Waals surface area contributed by atoms with Gasteiger partial charge in [-0.1, -0.05) is 12.1 Å². The SMILES string of the molecule is COc1cccc(C2C(C#N)=C(N)N3C(=O)CCSC3=C2C#N)c1OC. The average molecular weight is 368 g/mol. The molecule has 2 aliphatic rings. The predicted octanol–water partition coefficient (Wildman–Crippen LogP) is 2.20. The topological polar surface area (TPSA) is 112 Å². The van der Waals surface area contributed by atoms with Crippen LogP contribution in [0.1, 0.15) is 17.9 Å². The Kier molecular flexibility index (Phi) is 4.79. The summed E-state index contributed by atoms with van der Waals surface area (Å²) < 4.78 is 10.8. The molecule has 2 aliphatic heterocycles. The van der Waals surface area contributed by atoms with Gasteiger partial charge in [-0.25, -0.2) is 0 Å². The molecule has 1 aromatic carbocycles. The Hall–Kier alpha value is -3.10. The molecule has 1 saturated heterocycles. The minimum absolute atomic E-state index is 0.0635. The monoisotopic (exact) mass is 368 g/mol. The number of hydrogen-bond donors (Lipinski definition) is 1. The summed E-state index contributed by atoms with van der Waals surface area (Å²) in [5, 5.41) is 20.1. The Balaban J connectivity index is 2.30. The third kappa shape index (κ3) is 2.56. The highest BCUT2D eigenvalue weighted by Crippen LogP contribution is 2.49. The highest BCUT2D eigenvalue weighted by Gasteiger charge is 2.41. The van der Waals surface area contributed by atoms with Gasteiger partial charge in [0.15, 0.2) is 11.5 Å². The standard InChI is InChI=1S/C18H16N4O3S/c1-24-13-5-3-4-10(16(13)25-2)15-11(8-19)17(21)22-14(23)6-7-26-18(22)12(15)9-20/h3-5,15H,6-7,21H2,1-2H3. The zero-order valence-electron chi connectivity index (χ0n) is 14.3. The molecule has 7 nitrogen and oxygen atoms in total. The number of nitriles is 2. The Morgan fingerprint density at radius 2 is 1.96 bits per heavy atom. The van der Waals surface area contributed by atoms with Gasteiger partial charge in [-0.15, -0.1) is 11.8 Å². The second-order valence-corrected chi connectivity index (χ2v) is 6.67. The number of rotatable bonds is 3. The van der Waals surface area contributed by atoms with Gasteiger partial charge in [-0.05, 0) is 6.07 Å². The number of para-hydroxylation sites is 1. The van der Waals surface area contributed by atoms with Crippen LogP contribution in [0.4, 0.5) is 0 Å². The first-order chi connectivity index (χ1) is 12.6. The number of carbonyl (C=O) groups is 1. The highest BCUT2D eigenvalue weighted by molar-refractivity contribution is 8.03. The van der Waals surface area contributed by atoms with Gasteiger partial charge in [0.25, 0.3) is 0 Å². The lowest BCUT2D eigenvalue weighted by Crippen LogP contribution is -2.40. The first-order valence-electron chi connectivity index (χ1n) is 7.79. The number of nitrogens with two attached hydrogens (primary N) is 1. The second kappa shape index (κ2) is 7.03. The smallest absolute Gasteiger partial charge is 0.233 e. The van der Waals surface area contributed by atoms with Crippen molar-refractivity contribution < 1.29 is 14.3 Å². The molecular formula is C18H16N4O3S. The number of hydrogen-bond acceptors (Lipinski definition) is 7. The van der Waals surface area contributed by atoms with E-state index < -0.39 is 5.92 Å². The largest absolute Gasteiger partial charge is 0.493 e. The summed E-state index contributed by atoms with van der Waals surface area (Å²) in [4.78, 5) is 13.6. The number of fused-ring (bicyclic) bond motifs is 1. The van der Waals surface area contributed by atoms with Crippen molar-refractivity contribution in [1.29, 1.82) is 10.5 Å². The average Bonchev–Trinajstić information content (AvgIpc) is 2.66. The fourth-order valence-corrected chi connectivity index (χ4v) is 4.31. The molecule has 1 aromatic rings. The van der Waals surface area contributed by atoms with Gasteiger partial charge >= 0.3 is 0 Å². The second-order valence-electron chi connectivity index (χ2n) is 5.58. The number of thioether (sulfide) groups is 1. The summed E-state index contributed by atoms with van der Waals surface area (Å²) >= 11 is 1.39. The summed E-state index contributed by atoms with van der Waals surface area (Å²) in [6.07, 6.45) is 0.305. The van der Waals surface area contributed by atoms with Gasteiger partial charge in [0.05, 0.1) is 48.5 Å². The molecule has 1 fully saturated rings. The van der Waals surface area contributed by atoms with Crippen LogP contribution in [0.5, 0.6) is 11.5 Å². The van der Waals surface area contributed by atoms with E-state index in [2.05, 4.69) is 12.1 Å². The number of methoxy groups -OCH3 is 2. The fourth-order valence-electron chi connectivity index (χ4n) is 3.19. The minimum Gasteiger partial charge on any atom is -0.493 e. The van der Waals surface area contributed by atoms with E-state index in [0.717, 1.165) is 0 Å². The lowest BCUT2D eigenvalue weighted by Gasteiger charge is -2.36. The number of nitrogens with zero attached hydrogens (tertiary/aromatic N) is 3. The summed E-state index contributed by atoms with van der Waals surface area (Å²) in [5.41, 5.74) is 7.22. The van der Waals surface area contributed by atoms with E-state index in [0.29, 0.717) is 39.8 Å². The van der Waals surface area contributed by atoms with Crippen molar-refractivity contribution in [3.05, 3.63) is 45.8 Å². The quantitative estimate of drug-likeness (QED) is 0.870. The van der Waals surface area contributed by atoms with E-state index >= 15 is 0 Å². The number of benzene rings is 1. The van der Waals surface area contributed by atoms with E-state index in [1.54, 1.807) is 18.2 Å². The summed E-state index contributed by atoms with van der Waals surface area (Å²) in [6.45, 7) is 0. The zero-order chi connectivity index (χ0) is 18.8. The van der Waals surface area contributed by atoms with Crippen LogP contribution >= 0.6 is 11.8 Å². The van der Waals surface area contributed by atoms with Crippen molar-refractivity contribution in [1.82, 2.24) is 4.90 Å². The molecule has 0 bridgehead atoms. The number of ether oxygens (including phenoxy) is 2. The van der Waals surface area contributed by atoms with Crippen molar-refractivity contribution in [3.8, 4) is 23.6 Å². The van der Waals surface area contributed by atoms with Crippen LogP contribution < -0.4 is 15.2 Å². The molecule has 26 heavy (non-hydrogen) atoms. The lowest BCUT2D eigenvalue weighted by atomic mass is 9.83. The summed E-state index contributed by atoms with van der Waals surface area (Å²) in [5.74, 6) is 0.598. The number of amides is 1. The summed E-state index contributed by atoms with van der Waals surface area (Å²) in [6, 6.07) is 9.50. The Labute approximate surface area is 155 Å².